The normalized spacial score (nSPS) is 10.5. The van der Waals surface area contributed by atoms with Crippen molar-refractivity contribution in [2.75, 3.05) is 12.3 Å². The molecule has 2 heterocycles. The predicted octanol–water partition coefficient (Wildman–Crippen LogP) is 1.70. The Balaban J connectivity index is 2.52. The third-order valence-corrected chi connectivity index (χ3v) is 2.41. The van der Waals surface area contributed by atoms with Gasteiger partial charge in [-0.05, 0) is 12.5 Å². The lowest BCUT2D eigenvalue weighted by Gasteiger charge is -2.07. The molecular formula is C12H13N3O3. The Hall–Kier alpha value is -2.37. The summed E-state index contributed by atoms with van der Waals surface area (Å²) in [7, 11) is 0. The lowest BCUT2D eigenvalue weighted by molar-refractivity contribution is 0.0697. The van der Waals surface area contributed by atoms with Crippen LogP contribution < -0.4 is 10.5 Å². The standard InChI is InChI=1S/C12H13N3O3/c1-2-5-18-9-4-3-8-11(15-9)10(13)7(6-14-8)12(16)17/h3-4,6H,2,5H2,1H3,(H2,13,14)(H,16,17). The maximum Gasteiger partial charge on any atom is 0.339 e. The quantitative estimate of drug-likeness (QED) is 0.853. The summed E-state index contributed by atoms with van der Waals surface area (Å²) in [5.74, 6) is -0.705. The Morgan fingerprint density at radius 3 is 2.94 bits per heavy atom. The van der Waals surface area contributed by atoms with Crippen LogP contribution >= 0.6 is 0 Å². The number of nitrogens with zero attached hydrogens (tertiary/aromatic N) is 2. The van der Waals surface area contributed by atoms with E-state index in [4.69, 9.17) is 15.6 Å². The number of aromatic carboxylic acids is 1. The summed E-state index contributed by atoms with van der Waals surface area (Å²) in [5, 5.41) is 8.96. The first kappa shape index (κ1) is 12.1. The molecule has 0 aromatic carbocycles. The van der Waals surface area contributed by atoms with Crippen LogP contribution in [0.5, 0.6) is 5.88 Å². The van der Waals surface area contributed by atoms with Crippen molar-refractivity contribution in [1.29, 1.82) is 0 Å². The number of hydrogen-bond acceptors (Lipinski definition) is 5. The number of pyridine rings is 2. The Morgan fingerprint density at radius 2 is 2.28 bits per heavy atom. The van der Waals surface area contributed by atoms with Gasteiger partial charge in [0.25, 0.3) is 0 Å². The van der Waals surface area contributed by atoms with Crippen molar-refractivity contribution in [3.63, 3.8) is 0 Å². The van der Waals surface area contributed by atoms with Gasteiger partial charge in [-0.25, -0.2) is 9.78 Å². The van der Waals surface area contributed by atoms with Gasteiger partial charge in [0.1, 0.15) is 11.1 Å². The van der Waals surface area contributed by atoms with E-state index in [2.05, 4.69) is 9.97 Å². The van der Waals surface area contributed by atoms with E-state index in [0.717, 1.165) is 6.42 Å². The van der Waals surface area contributed by atoms with Gasteiger partial charge in [0, 0.05) is 12.3 Å². The van der Waals surface area contributed by atoms with Gasteiger partial charge >= 0.3 is 5.97 Å². The Kier molecular flexibility index (Phi) is 3.27. The molecule has 0 radical (unpaired) electrons. The highest BCUT2D eigenvalue weighted by atomic mass is 16.5. The molecule has 0 atom stereocenters. The van der Waals surface area contributed by atoms with Crippen LogP contribution in [0.2, 0.25) is 0 Å². The summed E-state index contributed by atoms with van der Waals surface area (Å²) in [6.07, 6.45) is 2.09. The smallest absolute Gasteiger partial charge is 0.339 e. The summed E-state index contributed by atoms with van der Waals surface area (Å²) in [6, 6.07) is 3.39. The van der Waals surface area contributed by atoms with Crippen LogP contribution in [0.1, 0.15) is 23.7 Å². The number of anilines is 1. The van der Waals surface area contributed by atoms with E-state index < -0.39 is 5.97 Å². The van der Waals surface area contributed by atoms with Crippen LogP contribution in [0.25, 0.3) is 11.0 Å². The third kappa shape index (κ3) is 2.17. The van der Waals surface area contributed by atoms with Crippen LogP contribution in [-0.2, 0) is 0 Å². The first-order valence-corrected chi connectivity index (χ1v) is 5.54. The van der Waals surface area contributed by atoms with Gasteiger partial charge < -0.3 is 15.6 Å². The van der Waals surface area contributed by atoms with E-state index in [1.807, 2.05) is 6.92 Å². The minimum Gasteiger partial charge on any atom is -0.478 e. The molecule has 0 fully saturated rings. The van der Waals surface area contributed by atoms with Gasteiger partial charge in [-0.3, -0.25) is 4.98 Å². The number of nitrogen functional groups attached to an aromatic ring is 1. The Labute approximate surface area is 103 Å². The SMILES string of the molecule is CCCOc1ccc2ncc(C(=O)O)c(N)c2n1. The fourth-order valence-electron chi connectivity index (χ4n) is 1.52. The topological polar surface area (TPSA) is 98.3 Å². The number of fused-ring (bicyclic) bond motifs is 1. The molecule has 6 heteroatoms. The van der Waals surface area contributed by atoms with Gasteiger partial charge in [-0.15, -0.1) is 0 Å². The maximum absolute atomic E-state index is 10.9. The number of carboxylic acid groups (broad SMARTS) is 1. The van der Waals surface area contributed by atoms with Crippen LogP contribution in [0, 0.1) is 0 Å². The van der Waals surface area contributed by atoms with Gasteiger partial charge in [-0.1, -0.05) is 6.92 Å². The van der Waals surface area contributed by atoms with Gasteiger partial charge in [0.05, 0.1) is 17.8 Å². The molecule has 18 heavy (non-hydrogen) atoms. The average Bonchev–Trinajstić information content (AvgIpc) is 2.36. The Morgan fingerprint density at radius 1 is 1.50 bits per heavy atom. The lowest BCUT2D eigenvalue weighted by atomic mass is 10.2. The molecule has 0 unspecified atom stereocenters. The number of aromatic nitrogens is 2. The van der Waals surface area contributed by atoms with Crippen molar-refractivity contribution in [3.05, 3.63) is 23.9 Å². The molecule has 6 nitrogen and oxygen atoms in total. The number of ether oxygens (including phenoxy) is 1. The zero-order valence-corrected chi connectivity index (χ0v) is 9.88. The van der Waals surface area contributed by atoms with E-state index >= 15 is 0 Å². The molecule has 94 valence electrons. The van der Waals surface area contributed by atoms with E-state index in [1.54, 1.807) is 12.1 Å². The molecule has 0 bridgehead atoms. The molecule has 0 aliphatic carbocycles. The summed E-state index contributed by atoms with van der Waals surface area (Å²) in [6.45, 7) is 2.53. The van der Waals surface area contributed by atoms with Crippen LogP contribution in [0.3, 0.4) is 0 Å². The molecule has 2 rings (SSSR count). The van der Waals surface area contributed by atoms with Gasteiger partial charge in [0.2, 0.25) is 5.88 Å². The highest BCUT2D eigenvalue weighted by Gasteiger charge is 2.13. The molecule has 0 amide bonds. The van der Waals surface area contributed by atoms with E-state index in [1.165, 1.54) is 6.20 Å². The van der Waals surface area contributed by atoms with Crippen molar-refractivity contribution in [2.24, 2.45) is 0 Å². The third-order valence-electron chi connectivity index (χ3n) is 2.41. The van der Waals surface area contributed by atoms with E-state index in [-0.39, 0.29) is 11.3 Å². The minimum atomic E-state index is -1.12. The second-order valence-electron chi connectivity index (χ2n) is 3.76. The Bertz CT molecular complexity index is 598. The summed E-state index contributed by atoms with van der Waals surface area (Å²) < 4.78 is 5.38. The largest absolute Gasteiger partial charge is 0.478 e. The zero-order valence-electron chi connectivity index (χ0n) is 9.88. The molecule has 0 saturated heterocycles. The molecule has 0 saturated carbocycles. The average molecular weight is 247 g/mol. The number of carbonyl (C=O) groups is 1. The molecule has 3 N–H and O–H groups in total. The number of nitrogens with two attached hydrogens (primary N) is 1. The number of rotatable bonds is 4. The van der Waals surface area contributed by atoms with Crippen molar-refractivity contribution >= 4 is 22.7 Å². The monoisotopic (exact) mass is 247 g/mol. The van der Waals surface area contributed by atoms with E-state index in [0.29, 0.717) is 23.5 Å². The number of hydrogen-bond donors (Lipinski definition) is 2. The molecule has 2 aromatic heterocycles. The summed E-state index contributed by atoms with van der Waals surface area (Å²) >= 11 is 0. The highest BCUT2D eigenvalue weighted by Crippen LogP contribution is 2.23. The molecule has 2 aromatic rings. The fraction of sp³-hybridized carbons (Fsp3) is 0.250. The van der Waals surface area contributed by atoms with Crippen molar-refractivity contribution in [3.8, 4) is 5.88 Å². The second-order valence-corrected chi connectivity index (χ2v) is 3.76. The maximum atomic E-state index is 10.9. The minimum absolute atomic E-state index is 0.0531. The molecule has 0 aliphatic heterocycles. The number of carboxylic acids is 1. The summed E-state index contributed by atoms with van der Waals surface area (Å²) in [5.41, 5.74) is 6.72. The van der Waals surface area contributed by atoms with Gasteiger partial charge in [0.15, 0.2) is 0 Å². The van der Waals surface area contributed by atoms with Crippen molar-refractivity contribution < 1.29 is 14.6 Å². The zero-order chi connectivity index (χ0) is 13.1. The highest BCUT2D eigenvalue weighted by molar-refractivity contribution is 6.01. The van der Waals surface area contributed by atoms with Crippen molar-refractivity contribution in [1.82, 2.24) is 9.97 Å². The lowest BCUT2D eigenvalue weighted by Crippen LogP contribution is -2.05. The predicted molar refractivity (Wildman–Crippen MR) is 66.7 cm³/mol. The molecule has 0 aliphatic rings. The van der Waals surface area contributed by atoms with Crippen molar-refractivity contribution in [2.45, 2.75) is 13.3 Å². The van der Waals surface area contributed by atoms with Crippen LogP contribution in [0.4, 0.5) is 5.69 Å². The van der Waals surface area contributed by atoms with Crippen LogP contribution in [-0.4, -0.2) is 27.7 Å². The van der Waals surface area contributed by atoms with E-state index in [9.17, 15) is 4.79 Å². The van der Waals surface area contributed by atoms with Crippen LogP contribution in [0.15, 0.2) is 18.3 Å². The molecule has 0 spiro atoms. The molecular weight excluding hydrogens is 234 g/mol. The first-order valence-electron chi connectivity index (χ1n) is 5.54. The summed E-state index contributed by atoms with van der Waals surface area (Å²) in [4.78, 5) is 19.1. The first-order chi connectivity index (χ1) is 8.63. The van der Waals surface area contributed by atoms with Gasteiger partial charge in [-0.2, -0.15) is 0 Å². The second kappa shape index (κ2) is 4.87. The fourth-order valence-corrected chi connectivity index (χ4v) is 1.52.